The minimum atomic E-state index is -5.24. The van der Waals surface area contributed by atoms with Crippen LogP contribution in [0.5, 0.6) is 23.4 Å². The lowest BCUT2D eigenvalue weighted by Crippen LogP contribution is -2.21. The molecule has 3 aromatic rings. The zero-order valence-electron chi connectivity index (χ0n) is 15.4. The molecule has 0 saturated carbocycles. The van der Waals surface area contributed by atoms with Crippen molar-refractivity contribution < 1.29 is 40.9 Å². The number of hydrogen-bond donors (Lipinski definition) is 2. The maximum Gasteiger partial charge on any atom is 0.421 e. The third-order valence-corrected chi connectivity index (χ3v) is 4.99. The highest BCUT2D eigenvalue weighted by atomic mass is 32.2. The van der Waals surface area contributed by atoms with Crippen LogP contribution in [0, 0.1) is 0 Å². The molecule has 0 aromatic carbocycles. The predicted octanol–water partition coefficient (Wildman–Crippen LogP) is 1.07. The number of aromatic nitrogens is 5. The summed E-state index contributed by atoms with van der Waals surface area (Å²) >= 11 is 0. The second kappa shape index (κ2) is 7.36. The summed E-state index contributed by atoms with van der Waals surface area (Å²) in [5.41, 5.74) is -1.86. The van der Waals surface area contributed by atoms with Gasteiger partial charge in [0.15, 0.2) is 4.90 Å². The Bertz CT molecular complexity index is 1210. The number of nitrogens with one attached hydrogen (secondary N) is 1. The molecule has 0 unspecified atom stereocenters. The van der Waals surface area contributed by atoms with E-state index < -0.39 is 44.2 Å². The standard InChI is InChI=1S/C14H13F3N6O6S/c1-27-7-4-8(28-2)23-13(19-7)20-12(21-23)22-30(25,26)10-9(14(15,16)17)6(24)5-18-11(10)29-3/h4-5,24H,1-3H3,(H,21,22). The van der Waals surface area contributed by atoms with Crippen molar-refractivity contribution in [3.05, 3.63) is 17.8 Å². The number of sulfonamides is 1. The number of halogens is 3. The molecule has 0 amide bonds. The van der Waals surface area contributed by atoms with Gasteiger partial charge in [0.05, 0.1) is 33.6 Å². The van der Waals surface area contributed by atoms with E-state index in [0.29, 0.717) is 6.20 Å². The Hall–Kier alpha value is -3.56. The largest absolute Gasteiger partial charge is 0.506 e. The second-order valence-corrected chi connectivity index (χ2v) is 7.07. The first-order chi connectivity index (χ1) is 14.0. The topological polar surface area (TPSA) is 150 Å². The van der Waals surface area contributed by atoms with Crippen LogP contribution >= 0.6 is 0 Å². The zero-order valence-corrected chi connectivity index (χ0v) is 16.2. The maximum absolute atomic E-state index is 13.4. The van der Waals surface area contributed by atoms with Crippen LogP contribution in [0.25, 0.3) is 5.78 Å². The SMILES string of the molecule is COc1cc(OC)n2nc(NS(=O)(=O)c3c(OC)ncc(O)c3C(F)(F)F)nc2n1. The Morgan fingerprint density at radius 3 is 2.40 bits per heavy atom. The molecule has 3 aromatic heterocycles. The number of pyridine rings is 1. The monoisotopic (exact) mass is 450 g/mol. The highest BCUT2D eigenvalue weighted by Crippen LogP contribution is 2.43. The molecule has 30 heavy (non-hydrogen) atoms. The fraction of sp³-hybridized carbons (Fsp3) is 0.286. The number of fused-ring (bicyclic) bond motifs is 1. The highest BCUT2D eigenvalue weighted by Gasteiger charge is 2.43. The lowest BCUT2D eigenvalue weighted by molar-refractivity contribution is -0.141. The van der Waals surface area contributed by atoms with Gasteiger partial charge in [-0.15, -0.1) is 5.10 Å². The molecular weight excluding hydrogens is 437 g/mol. The molecule has 162 valence electrons. The molecule has 0 aliphatic rings. The van der Waals surface area contributed by atoms with Gasteiger partial charge in [-0.25, -0.2) is 18.1 Å². The third-order valence-electron chi connectivity index (χ3n) is 3.63. The molecule has 3 heterocycles. The number of hydrogen-bond acceptors (Lipinski definition) is 10. The first kappa shape index (κ1) is 21.2. The van der Waals surface area contributed by atoms with Crippen LogP contribution in [0.2, 0.25) is 0 Å². The Morgan fingerprint density at radius 2 is 1.83 bits per heavy atom. The fourth-order valence-corrected chi connectivity index (χ4v) is 3.70. The van der Waals surface area contributed by atoms with E-state index >= 15 is 0 Å². The Morgan fingerprint density at radius 1 is 1.13 bits per heavy atom. The van der Waals surface area contributed by atoms with Gasteiger partial charge in [-0.3, -0.25) is 0 Å². The van der Waals surface area contributed by atoms with E-state index in [4.69, 9.17) is 9.47 Å². The molecule has 2 N–H and O–H groups in total. The number of rotatable bonds is 6. The van der Waals surface area contributed by atoms with Crippen LogP contribution in [0.1, 0.15) is 5.56 Å². The smallest absolute Gasteiger partial charge is 0.421 e. The molecule has 0 saturated heterocycles. The van der Waals surface area contributed by atoms with Crippen LogP contribution in [0.15, 0.2) is 17.2 Å². The molecule has 0 spiro atoms. The average Bonchev–Trinajstić information content (AvgIpc) is 3.07. The van der Waals surface area contributed by atoms with E-state index in [1.54, 1.807) is 4.72 Å². The number of anilines is 1. The van der Waals surface area contributed by atoms with Crippen LogP contribution in [-0.2, 0) is 16.2 Å². The number of nitrogens with zero attached hydrogens (tertiary/aromatic N) is 5. The molecule has 12 nitrogen and oxygen atoms in total. The van der Waals surface area contributed by atoms with Gasteiger partial charge in [-0.05, 0) is 0 Å². The summed E-state index contributed by atoms with van der Waals surface area (Å²) in [6.45, 7) is 0. The summed E-state index contributed by atoms with van der Waals surface area (Å²) in [6, 6.07) is 1.32. The van der Waals surface area contributed by atoms with Gasteiger partial charge in [0, 0.05) is 0 Å². The lowest BCUT2D eigenvalue weighted by atomic mass is 10.2. The lowest BCUT2D eigenvalue weighted by Gasteiger charge is -2.16. The van der Waals surface area contributed by atoms with E-state index in [0.717, 1.165) is 11.6 Å². The van der Waals surface area contributed by atoms with Gasteiger partial charge >= 0.3 is 6.18 Å². The van der Waals surface area contributed by atoms with Crippen molar-refractivity contribution in [2.45, 2.75) is 11.1 Å². The summed E-state index contributed by atoms with van der Waals surface area (Å²) in [5, 5.41) is 13.4. The van der Waals surface area contributed by atoms with E-state index in [-0.39, 0.29) is 17.5 Å². The van der Waals surface area contributed by atoms with Crippen molar-refractivity contribution in [2.75, 3.05) is 26.1 Å². The van der Waals surface area contributed by atoms with Crippen molar-refractivity contribution in [2.24, 2.45) is 0 Å². The van der Waals surface area contributed by atoms with Crippen LogP contribution in [-0.4, -0.2) is 59.4 Å². The van der Waals surface area contributed by atoms with Crippen LogP contribution in [0.3, 0.4) is 0 Å². The van der Waals surface area contributed by atoms with Gasteiger partial charge in [-0.2, -0.15) is 27.7 Å². The number of ether oxygens (including phenoxy) is 3. The summed E-state index contributed by atoms with van der Waals surface area (Å²) < 4.78 is 83.2. The number of aromatic hydroxyl groups is 1. The minimum absolute atomic E-state index is 0.0578. The third kappa shape index (κ3) is 3.68. The molecule has 0 atom stereocenters. The molecule has 0 fully saturated rings. The Kier molecular flexibility index (Phi) is 5.19. The van der Waals surface area contributed by atoms with Gasteiger partial charge < -0.3 is 19.3 Å². The normalized spacial score (nSPS) is 12.1. The zero-order chi connectivity index (χ0) is 22.3. The molecule has 0 aliphatic heterocycles. The highest BCUT2D eigenvalue weighted by molar-refractivity contribution is 7.92. The van der Waals surface area contributed by atoms with Gasteiger partial charge in [-0.1, -0.05) is 0 Å². The van der Waals surface area contributed by atoms with E-state index in [9.17, 15) is 26.7 Å². The maximum atomic E-state index is 13.4. The summed E-state index contributed by atoms with van der Waals surface area (Å²) in [7, 11) is -1.50. The number of alkyl halides is 3. The van der Waals surface area contributed by atoms with E-state index in [1.165, 1.54) is 20.3 Å². The van der Waals surface area contributed by atoms with Crippen molar-refractivity contribution in [3.8, 4) is 23.4 Å². The fourth-order valence-electron chi connectivity index (χ4n) is 2.42. The summed E-state index contributed by atoms with van der Waals surface area (Å²) in [6.07, 6.45) is -4.82. The molecular formula is C14H13F3N6O6S. The quantitative estimate of drug-likeness (QED) is 0.558. The van der Waals surface area contributed by atoms with Crippen LogP contribution in [0.4, 0.5) is 19.1 Å². The van der Waals surface area contributed by atoms with E-state index in [2.05, 4.69) is 24.8 Å². The Balaban J connectivity index is 2.16. The first-order valence-electron chi connectivity index (χ1n) is 7.73. The Labute approximate surface area is 166 Å². The van der Waals surface area contributed by atoms with Gasteiger partial charge in [0.1, 0.15) is 11.3 Å². The molecule has 3 rings (SSSR count). The van der Waals surface area contributed by atoms with Crippen LogP contribution < -0.4 is 18.9 Å². The summed E-state index contributed by atoms with van der Waals surface area (Å²) in [4.78, 5) is 9.67. The first-order valence-corrected chi connectivity index (χ1v) is 9.22. The minimum Gasteiger partial charge on any atom is -0.506 e. The molecule has 16 heteroatoms. The van der Waals surface area contributed by atoms with Crippen molar-refractivity contribution in [1.82, 2.24) is 24.6 Å². The molecule has 0 bridgehead atoms. The predicted molar refractivity (Wildman–Crippen MR) is 92.2 cm³/mol. The second-order valence-electron chi connectivity index (χ2n) is 5.45. The van der Waals surface area contributed by atoms with E-state index in [1.807, 2.05) is 0 Å². The van der Waals surface area contributed by atoms with Gasteiger partial charge in [0.25, 0.3) is 21.7 Å². The average molecular weight is 450 g/mol. The summed E-state index contributed by atoms with van der Waals surface area (Å²) in [5.74, 6) is -2.97. The van der Waals surface area contributed by atoms with Crippen molar-refractivity contribution >= 4 is 21.7 Å². The van der Waals surface area contributed by atoms with Crippen molar-refractivity contribution in [1.29, 1.82) is 0 Å². The molecule has 0 radical (unpaired) electrons. The van der Waals surface area contributed by atoms with Gasteiger partial charge in [0.2, 0.25) is 17.6 Å². The molecule has 0 aliphatic carbocycles. The van der Waals surface area contributed by atoms with Crippen molar-refractivity contribution in [3.63, 3.8) is 0 Å². The number of methoxy groups -OCH3 is 3.